The van der Waals surface area contributed by atoms with Crippen LogP contribution >= 0.6 is 12.2 Å². The minimum Gasteiger partial charge on any atom is -0.813 e. The van der Waals surface area contributed by atoms with Crippen molar-refractivity contribution in [2.45, 2.75) is 60.3 Å². The van der Waals surface area contributed by atoms with Crippen molar-refractivity contribution in [2.24, 2.45) is 0 Å². The highest BCUT2D eigenvalue weighted by atomic mass is 32.1. The Hall–Kier alpha value is -2.32. The van der Waals surface area contributed by atoms with Crippen LogP contribution < -0.4 is 9.64 Å². The molecule has 34 heavy (non-hydrogen) atoms. The van der Waals surface area contributed by atoms with Gasteiger partial charge in [-0.15, -0.1) is 0 Å². The fourth-order valence-corrected chi connectivity index (χ4v) is 4.52. The standard InChI is InChI=1S/C26H35N3O3S.H2S/c1-6-10-14-28-24(30)23(25(31)29(26(28)33)15-11-7-2)22-16-18(5)20-13-12-19(17-21(20)32-22)27(8-3)9-4;/h12-13,16-17H,6-11,14-15H2,1-5H3;1H2/p-1. The number of nitrogens with zero attached hydrogens (tertiary/aromatic N) is 3. The number of thiocarbonyl (C=S) groups is 1. The highest BCUT2D eigenvalue weighted by Gasteiger charge is 2.41. The number of allylic oxidation sites excluding steroid dienone is 2. The molecule has 0 saturated carbocycles. The molecule has 2 heterocycles. The fraction of sp³-hybridized carbons (Fsp3) is 0.500. The lowest BCUT2D eigenvalue weighted by Gasteiger charge is -2.37. The molecule has 1 saturated heterocycles. The molecule has 186 valence electrons. The van der Waals surface area contributed by atoms with Gasteiger partial charge < -0.3 is 23.1 Å². The van der Waals surface area contributed by atoms with Gasteiger partial charge in [-0.2, -0.15) is 0 Å². The first-order valence-corrected chi connectivity index (χ1v) is 12.5. The first kappa shape index (κ1) is 27.9. The summed E-state index contributed by atoms with van der Waals surface area (Å²) in [5.74, 6) is 0.232. The van der Waals surface area contributed by atoms with Crippen molar-refractivity contribution in [2.75, 3.05) is 31.1 Å². The second-order valence-electron chi connectivity index (χ2n) is 8.42. The number of unbranched alkanes of at least 4 members (excludes halogenated alkanes) is 2. The minimum atomic E-state index is -0.367. The van der Waals surface area contributed by atoms with Crippen LogP contribution in [0.3, 0.4) is 0 Å². The molecule has 2 aliphatic rings. The topological polar surface area (TPSA) is 53.1 Å². The number of carbonyl (C=O) groups excluding carboxylic acids is 2. The maximum absolute atomic E-state index is 13.5. The van der Waals surface area contributed by atoms with Crippen LogP contribution in [0.1, 0.15) is 65.9 Å². The fourth-order valence-electron chi connectivity index (χ4n) is 4.17. The molecular weight excluding hydrogens is 466 g/mol. The number of carbonyl (C=O) groups is 2. The van der Waals surface area contributed by atoms with Crippen LogP contribution in [0.25, 0.3) is 5.57 Å². The summed E-state index contributed by atoms with van der Waals surface area (Å²) in [6.07, 6.45) is 5.29. The Morgan fingerprint density at radius 1 is 0.941 bits per heavy atom. The van der Waals surface area contributed by atoms with E-state index < -0.39 is 0 Å². The molecular formula is C26H36N3O3S2-. The van der Waals surface area contributed by atoms with Crippen molar-refractivity contribution in [3.05, 3.63) is 41.2 Å². The number of thiol groups is 1. The molecule has 8 heteroatoms. The number of anilines is 1. The zero-order valence-electron chi connectivity index (χ0n) is 20.9. The van der Waals surface area contributed by atoms with Crippen molar-refractivity contribution in [1.82, 2.24) is 9.80 Å². The number of amides is 2. The van der Waals surface area contributed by atoms with Crippen LogP contribution in [0.4, 0.5) is 5.69 Å². The maximum atomic E-state index is 13.5. The Balaban J connectivity index is 0.00000408. The number of benzene rings is 1. The third-order valence-electron chi connectivity index (χ3n) is 6.18. The Labute approximate surface area is 216 Å². The van der Waals surface area contributed by atoms with Crippen LogP contribution in [0.2, 0.25) is 0 Å². The molecule has 2 amide bonds. The van der Waals surface area contributed by atoms with Gasteiger partial charge in [0.1, 0.15) is 17.1 Å². The van der Waals surface area contributed by atoms with Crippen LogP contribution in [0.5, 0.6) is 5.75 Å². The van der Waals surface area contributed by atoms with E-state index in [1.807, 2.05) is 19.1 Å². The van der Waals surface area contributed by atoms with E-state index in [0.717, 1.165) is 55.6 Å². The SMILES string of the molecule is CCCCN1C(=O)C(=C2C=C(C)c3ccc(N(CC)CC)cc3O2)C(=O)N(CCCC)C1=S.[SH-]. The minimum absolute atomic E-state index is 0. The maximum Gasteiger partial charge on any atom is 0.269 e. The van der Waals surface area contributed by atoms with Gasteiger partial charge in [0.15, 0.2) is 5.11 Å². The molecule has 0 unspecified atom stereocenters. The third-order valence-corrected chi connectivity index (χ3v) is 6.62. The molecule has 0 bridgehead atoms. The van der Waals surface area contributed by atoms with Crippen LogP contribution in [-0.2, 0) is 23.1 Å². The van der Waals surface area contributed by atoms with Crippen molar-refractivity contribution in [3.8, 4) is 5.75 Å². The molecule has 1 aromatic carbocycles. The van der Waals surface area contributed by atoms with Gasteiger partial charge in [0.2, 0.25) is 0 Å². The van der Waals surface area contributed by atoms with Crippen LogP contribution in [0, 0.1) is 0 Å². The Morgan fingerprint density at radius 3 is 2.00 bits per heavy atom. The largest absolute Gasteiger partial charge is 0.813 e. The third kappa shape index (κ3) is 5.49. The van der Waals surface area contributed by atoms with Crippen molar-refractivity contribution < 1.29 is 14.3 Å². The molecule has 0 aliphatic carbocycles. The van der Waals surface area contributed by atoms with Crippen molar-refractivity contribution in [3.63, 3.8) is 0 Å². The molecule has 1 aromatic rings. The van der Waals surface area contributed by atoms with Gasteiger partial charge in [0.25, 0.3) is 11.8 Å². The lowest BCUT2D eigenvalue weighted by atomic mass is 9.99. The smallest absolute Gasteiger partial charge is 0.269 e. The summed E-state index contributed by atoms with van der Waals surface area (Å²) in [4.78, 5) is 32.3. The summed E-state index contributed by atoms with van der Waals surface area (Å²) in [5, 5.41) is 0.303. The molecule has 3 rings (SSSR count). The molecule has 0 atom stereocenters. The van der Waals surface area contributed by atoms with Gasteiger partial charge in [-0.25, -0.2) is 0 Å². The van der Waals surface area contributed by atoms with Gasteiger partial charge in [-0.1, -0.05) is 26.7 Å². The highest BCUT2D eigenvalue weighted by Crippen LogP contribution is 2.38. The summed E-state index contributed by atoms with van der Waals surface area (Å²) < 4.78 is 6.24. The van der Waals surface area contributed by atoms with E-state index in [0.29, 0.717) is 29.7 Å². The van der Waals surface area contributed by atoms with Gasteiger partial charge in [-0.3, -0.25) is 19.4 Å². The van der Waals surface area contributed by atoms with Crippen molar-refractivity contribution in [1.29, 1.82) is 0 Å². The summed E-state index contributed by atoms with van der Waals surface area (Å²) >= 11 is 5.57. The quantitative estimate of drug-likeness (QED) is 0.158. The van der Waals surface area contributed by atoms with Crippen molar-refractivity contribution >= 4 is 53.9 Å². The van der Waals surface area contributed by atoms with E-state index >= 15 is 0 Å². The number of hydrogen-bond donors (Lipinski definition) is 0. The van der Waals surface area contributed by atoms with Gasteiger partial charge in [0.05, 0.1) is 0 Å². The zero-order valence-corrected chi connectivity index (χ0v) is 22.6. The van der Waals surface area contributed by atoms with Crippen LogP contribution in [0.15, 0.2) is 35.6 Å². The molecule has 0 radical (unpaired) electrons. The van der Waals surface area contributed by atoms with Crippen LogP contribution in [-0.4, -0.2) is 52.9 Å². The van der Waals surface area contributed by atoms with Gasteiger partial charge in [0, 0.05) is 43.5 Å². The first-order chi connectivity index (χ1) is 15.9. The van der Waals surface area contributed by atoms with Gasteiger partial charge in [-0.05, 0) is 69.6 Å². The molecule has 1 fully saturated rings. The Bertz CT molecular complexity index is 967. The van der Waals surface area contributed by atoms with E-state index in [2.05, 4.69) is 38.7 Å². The number of ether oxygens (including phenoxy) is 1. The molecule has 0 N–H and O–H groups in total. The summed E-state index contributed by atoms with van der Waals surface area (Å²) in [7, 11) is 0. The lowest BCUT2D eigenvalue weighted by molar-refractivity contribution is -0.134. The van der Waals surface area contributed by atoms with E-state index in [4.69, 9.17) is 17.0 Å². The average Bonchev–Trinajstić information content (AvgIpc) is 2.79. The van der Waals surface area contributed by atoms with E-state index in [1.165, 1.54) is 0 Å². The normalized spacial score (nSPS) is 15.7. The number of hydrogen-bond acceptors (Lipinski definition) is 6. The summed E-state index contributed by atoms with van der Waals surface area (Å²) in [5.41, 5.74) is 3.04. The van der Waals surface area contributed by atoms with E-state index in [9.17, 15) is 9.59 Å². The number of rotatable bonds is 9. The highest BCUT2D eigenvalue weighted by molar-refractivity contribution is 7.80. The zero-order chi connectivity index (χ0) is 24.1. The molecule has 6 nitrogen and oxygen atoms in total. The van der Waals surface area contributed by atoms with Gasteiger partial charge >= 0.3 is 0 Å². The number of fused-ring (bicyclic) bond motifs is 1. The monoisotopic (exact) mass is 502 g/mol. The average molecular weight is 503 g/mol. The second-order valence-corrected chi connectivity index (χ2v) is 8.79. The van der Waals surface area contributed by atoms with E-state index in [1.54, 1.807) is 15.9 Å². The molecule has 0 aromatic heterocycles. The molecule has 2 aliphatic heterocycles. The first-order valence-electron chi connectivity index (χ1n) is 12.0. The predicted octanol–water partition coefficient (Wildman–Crippen LogP) is 4.87. The molecule has 0 spiro atoms. The Morgan fingerprint density at radius 2 is 1.50 bits per heavy atom. The summed E-state index contributed by atoms with van der Waals surface area (Å²) in [6, 6.07) is 6.11. The Kier molecular flexibility index (Phi) is 10.2. The lowest BCUT2D eigenvalue weighted by Crippen LogP contribution is -2.57. The van der Waals surface area contributed by atoms with E-state index in [-0.39, 0.29) is 30.9 Å². The predicted molar refractivity (Wildman–Crippen MR) is 146 cm³/mol. The second kappa shape index (κ2) is 12.4. The summed E-state index contributed by atoms with van der Waals surface area (Å²) in [6.45, 7) is 13.1.